The van der Waals surface area contributed by atoms with Gasteiger partial charge in [-0.2, -0.15) is 0 Å². The summed E-state index contributed by atoms with van der Waals surface area (Å²) in [4.78, 5) is 10.9. The molecule has 1 amide bonds. The van der Waals surface area contributed by atoms with Crippen molar-refractivity contribution in [2.75, 3.05) is 18.1 Å². The largest absolute Gasteiger partial charge is 0.355 e. The normalized spacial score (nSPS) is 12.5. The van der Waals surface area contributed by atoms with Crippen molar-refractivity contribution >= 4 is 16.7 Å². The third-order valence-corrected chi connectivity index (χ3v) is 2.75. The Kier molecular flexibility index (Phi) is 7.05. The van der Waals surface area contributed by atoms with Gasteiger partial charge in [0.1, 0.15) is 0 Å². The molecule has 0 saturated carbocycles. The van der Waals surface area contributed by atoms with Crippen molar-refractivity contribution in [2.24, 2.45) is 0 Å². The molecule has 0 aliphatic rings. The number of hydrogen-bond donors (Lipinski definition) is 1. The van der Waals surface area contributed by atoms with Crippen molar-refractivity contribution in [3.8, 4) is 0 Å². The van der Waals surface area contributed by atoms with E-state index in [2.05, 4.69) is 5.32 Å². The van der Waals surface area contributed by atoms with E-state index in [0.717, 1.165) is 6.42 Å². The van der Waals surface area contributed by atoms with E-state index < -0.39 is 10.8 Å². The molecule has 0 saturated heterocycles. The fraction of sp³-hybridized carbons (Fsp3) is 0.875. The van der Waals surface area contributed by atoms with Gasteiger partial charge in [0, 0.05) is 35.3 Å². The van der Waals surface area contributed by atoms with Crippen LogP contribution >= 0.6 is 0 Å². The lowest BCUT2D eigenvalue weighted by atomic mass is 10.3. The van der Waals surface area contributed by atoms with Crippen LogP contribution in [0.25, 0.3) is 0 Å². The molecule has 0 rings (SSSR count). The average molecular weight is 191 g/mol. The van der Waals surface area contributed by atoms with Gasteiger partial charge in [-0.3, -0.25) is 9.00 Å². The molecule has 0 radical (unpaired) electrons. The van der Waals surface area contributed by atoms with Gasteiger partial charge in [0.25, 0.3) is 0 Å². The zero-order chi connectivity index (χ0) is 9.40. The van der Waals surface area contributed by atoms with E-state index in [9.17, 15) is 9.00 Å². The van der Waals surface area contributed by atoms with E-state index in [1.54, 1.807) is 0 Å². The number of carbonyl (C=O) groups excluding carboxylic acids is 1. The smallest absolute Gasteiger partial charge is 0.220 e. The molecule has 3 nitrogen and oxygen atoms in total. The highest BCUT2D eigenvalue weighted by Gasteiger charge is 1.99. The van der Waals surface area contributed by atoms with E-state index in [0.29, 0.717) is 24.5 Å². The number of amides is 1. The Morgan fingerprint density at radius 3 is 2.58 bits per heavy atom. The summed E-state index contributed by atoms with van der Waals surface area (Å²) in [6.07, 6.45) is 1.43. The monoisotopic (exact) mass is 191 g/mol. The number of nitrogens with one attached hydrogen (secondary N) is 1. The first-order chi connectivity index (χ1) is 5.70. The van der Waals surface area contributed by atoms with E-state index >= 15 is 0 Å². The van der Waals surface area contributed by atoms with Crippen molar-refractivity contribution in [3.05, 3.63) is 0 Å². The summed E-state index contributed by atoms with van der Waals surface area (Å²) in [5, 5.41) is 2.72. The molecule has 0 fully saturated rings. The summed E-state index contributed by atoms with van der Waals surface area (Å²) in [5.41, 5.74) is 0. The molecule has 4 heteroatoms. The molecule has 0 aromatic heterocycles. The molecule has 0 bridgehead atoms. The van der Waals surface area contributed by atoms with Crippen LogP contribution in [0.4, 0.5) is 0 Å². The quantitative estimate of drug-likeness (QED) is 0.671. The minimum Gasteiger partial charge on any atom is -0.355 e. The molecule has 0 aromatic rings. The second kappa shape index (κ2) is 7.28. The van der Waals surface area contributed by atoms with Crippen LogP contribution in [0, 0.1) is 0 Å². The summed E-state index contributed by atoms with van der Waals surface area (Å²) in [6.45, 7) is 4.38. The van der Waals surface area contributed by atoms with Gasteiger partial charge in [0.15, 0.2) is 0 Å². The van der Waals surface area contributed by atoms with Gasteiger partial charge in [-0.25, -0.2) is 0 Å². The van der Waals surface area contributed by atoms with Crippen LogP contribution in [-0.4, -0.2) is 28.2 Å². The zero-order valence-electron chi connectivity index (χ0n) is 7.76. The number of rotatable bonds is 6. The first-order valence-corrected chi connectivity index (χ1v) is 5.81. The molecule has 0 aliphatic carbocycles. The molecule has 0 aliphatic heterocycles. The second-order valence-corrected chi connectivity index (χ2v) is 4.40. The Morgan fingerprint density at radius 1 is 1.42 bits per heavy atom. The van der Waals surface area contributed by atoms with Crippen LogP contribution in [-0.2, 0) is 15.6 Å². The summed E-state index contributed by atoms with van der Waals surface area (Å²) < 4.78 is 10.9. The maximum Gasteiger partial charge on any atom is 0.220 e. The number of carbonyl (C=O) groups is 1. The third-order valence-electron chi connectivity index (χ3n) is 1.45. The second-order valence-electron chi connectivity index (χ2n) is 2.53. The molecule has 0 heterocycles. The molecule has 1 unspecified atom stereocenters. The van der Waals surface area contributed by atoms with Crippen LogP contribution in [0.2, 0.25) is 0 Å². The molecule has 0 aromatic carbocycles. The highest BCUT2D eigenvalue weighted by atomic mass is 32.2. The van der Waals surface area contributed by atoms with Crippen molar-refractivity contribution in [2.45, 2.75) is 26.7 Å². The Labute approximate surface area is 76.4 Å². The first-order valence-electron chi connectivity index (χ1n) is 4.32. The van der Waals surface area contributed by atoms with E-state index in [1.807, 2.05) is 13.8 Å². The molecule has 72 valence electrons. The molecular formula is C8H17NO2S. The van der Waals surface area contributed by atoms with Crippen LogP contribution in [0.3, 0.4) is 0 Å². The lowest BCUT2D eigenvalue weighted by molar-refractivity contribution is -0.120. The fourth-order valence-corrected chi connectivity index (χ4v) is 1.38. The van der Waals surface area contributed by atoms with Gasteiger partial charge in [0.05, 0.1) is 0 Å². The predicted octanol–water partition coefficient (Wildman–Crippen LogP) is 0.671. The Bertz CT molecular complexity index is 159. The minimum atomic E-state index is -0.762. The van der Waals surface area contributed by atoms with Gasteiger partial charge in [-0.15, -0.1) is 0 Å². The topological polar surface area (TPSA) is 46.2 Å². The van der Waals surface area contributed by atoms with Crippen molar-refractivity contribution in [1.82, 2.24) is 5.32 Å². The number of hydrogen-bond acceptors (Lipinski definition) is 2. The zero-order valence-corrected chi connectivity index (χ0v) is 8.58. The first kappa shape index (κ1) is 11.6. The summed E-state index contributed by atoms with van der Waals surface area (Å²) in [6, 6.07) is 0. The molecule has 12 heavy (non-hydrogen) atoms. The molecule has 0 spiro atoms. The van der Waals surface area contributed by atoms with E-state index in [-0.39, 0.29) is 5.91 Å². The van der Waals surface area contributed by atoms with Crippen molar-refractivity contribution in [1.29, 1.82) is 0 Å². The maximum absolute atomic E-state index is 10.9. The highest BCUT2D eigenvalue weighted by Crippen LogP contribution is 1.85. The average Bonchev–Trinajstić information content (AvgIpc) is 2.04. The summed E-state index contributed by atoms with van der Waals surface area (Å²) in [5.74, 6) is 1.31. The Hall–Kier alpha value is -0.380. The minimum absolute atomic E-state index is 0.0607. The van der Waals surface area contributed by atoms with E-state index in [4.69, 9.17) is 0 Å². The van der Waals surface area contributed by atoms with Crippen LogP contribution in [0.1, 0.15) is 26.7 Å². The van der Waals surface area contributed by atoms with E-state index in [1.165, 1.54) is 0 Å². The third kappa shape index (κ3) is 6.34. The van der Waals surface area contributed by atoms with Crippen molar-refractivity contribution < 1.29 is 9.00 Å². The van der Waals surface area contributed by atoms with Gasteiger partial charge >= 0.3 is 0 Å². The fourth-order valence-electron chi connectivity index (χ4n) is 0.764. The molecular weight excluding hydrogens is 174 g/mol. The summed E-state index contributed by atoms with van der Waals surface area (Å²) in [7, 11) is -0.762. The highest BCUT2D eigenvalue weighted by molar-refractivity contribution is 7.84. The lowest BCUT2D eigenvalue weighted by Gasteiger charge is -2.02. The Morgan fingerprint density at radius 2 is 2.08 bits per heavy atom. The van der Waals surface area contributed by atoms with Gasteiger partial charge in [0.2, 0.25) is 5.91 Å². The standard InChI is InChI=1S/C8H17NO2S/c1-3-5-8(10)9-6-7-12(11)4-2/h3-7H2,1-2H3,(H,9,10). The van der Waals surface area contributed by atoms with Crippen LogP contribution in [0.15, 0.2) is 0 Å². The maximum atomic E-state index is 10.9. The van der Waals surface area contributed by atoms with Gasteiger partial charge in [-0.05, 0) is 6.42 Å². The SMILES string of the molecule is CCCC(=O)NCCS(=O)CC. The van der Waals surface area contributed by atoms with Crippen molar-refractivity contribution in [3.63, 3.8) is 0 Å². The predicted molar refractivity (Wildman–Crippen MR) is 51.5 cm³/mol. The molecule has 1 N–H and O–H groups in total. The van der Waals surface area contributed by atoms with Crippen LogP contribution < -0.4 is 5.32 Å². The molecule has 1 atom stereocenters. The summed E-state index contributed by atoms with van der Waals surface area (Å²) >= 11 is 0. The van der Waals surface area contributed by atoms with Gasteiger partial charge < -0.3 is 5.32 Å². The Balaban J connectivity index is 3.30. The van der Waals surface area contributed by atoms with Gasteiger partial charge in [-0.1, -0.05) is 13.8 Å². The lowest BCUT2D eigenvalue weighted by Crippen LogP contribution is -2.27. The van der Waals surface area contributed by atoms with Crippen LogP contribution in [0.5, 0.6) is 0 Å².